The van der Waals surface area contributed by atoms with Crippen molar-refractivity contribution in [2.24, 2.45) is 13.0 Å². The van der Waals surface area contributed by atoms with Crippen LogP contribution in [0.25, 0.3) is 0 Å². The van der Waals surface area contributed by atoms with Crippen molar-refractivity contribution in [1.82, 2.24) is 14.7 Å². The number of carbonyl (C=O) groups is 1. The molecule has 130 valence electrons. The SMILES string of the molecule is Cn1cc([C@@H]2CN(C(=O)CCc3ccc(C#N)cc3)C[C@H]2CO)cn1. The maximum Gasteiger partial charge on any atom is 0.222 e. The molecular formula is C19H22N4O2. The molecule has 6 heteroatoms. The lowest BCUT2D eigenvalue weighted by Crippen LogP contribution is -2.29. The van der Waals surface area contributed by atoms with Gasteiger partial charge in [-0.2, -0.15) is 10.4 Å². The van der Waals surface area contributed by atoms with E-state index in [1.807, 2.05) is 36.5 Å². The van der Waals surface area contributed by atoms with Crippen molar-refractivity contribution in [3.63, 3.8) is 0 Å². The molecule has 2 atom stereocenters. The molecule has 1 aromatic carbocycles. The Balaban J connectivity index is 1.59. The summed E-state index contributed by atoms with van der Waals surface area (Å²) in [6, 6.07) is 9.43. The van der Waals surface area contributed by atoms with Crippen molar-refractivity contribution < 1.29 is 9.90 Å². The van der Waals surface area contributed by atoms with Gasteiger partial charge in [-0.25, -0.2) is 0 Å². The minimum Gasteiger partial charge on any atom is -0.396 e. The van der Waals surface area contributed by atoms with Crippen molar-refractivity contribution >= 4 is 5.91 Å². The number of likely N-dealkylation sites (tertiary alicyclic amines) is 1. The number of aromatic nitrogens is 2. The fraction of sp³-hybridized carbons (Fsp3) is 0.421. The van der Waals surface area contributed by atoms with Gasteiger partial charge in [0.05, 0.1) is 17.8 Å². The van der Waals surface area contributed by atoms with Gasteiger partial charge in [-0.3, -0.25) is 9.48 Å². The van der Waals surface area contributed by atoms with Crippen LogP contribution in [0.15, 0.2) is 36.7 Å². The second-order valence-electron chi connectivity index (χ2n) is 6.60. The van der Waals surface area contributed by atoms with Crippen LogP contribution in [0, 0.1) is 17.2 Å². The average molecular weight is 338 g/mol. The van der Waals surface area contributed by atoms with Crippen molar-refractivity contribution in [2.45, 2.75) is 18.8 Å². The van der Waals surface area contributed by atoms with E-state index in [1.54, 1.807) is 16.8 Å². The molecule has 3 rings (SSSR count). The van der Waals surface area contributed by atoms with E-state index in [-0.39, 0.29) is 24.3 Å². The molecule has 2 heterocycles. The summed E-state index contributed by atoms with van der Waals surface area (Å²) in [5, 5.41) is 22.7. The number of carbonyl (C=O) groups excluding carboxylic acids is 1. The Morgan fingerprint density at radius 2 is 2.12 bits per heavy atom. The highest BCUT2D eigenvalue weighted by Crippen LogP contribution is 2.32. The Hall–Kier alpha value is -2.65. The largest absolute Gasteiger partial charge is 0.396 e. The molecule has 1 saturated heterocycles. The van der Waals surface area contributed by atoms with Crippen LogP contribution in [-0.4, -0.2) is 45.4 Å². The molecule has 0 saturated carbocycles. The van der Waals surface area contributed by atoms with Crippen LogP contribution >= 0.6 is 0 Å². The molecule has 1 aromatic heterocycles. The van der Waals surface area contributed by atoms with Crippen molar-refractivity contribution in [2.75, 3.05) is 19.7 Å². The predicted octanol–water partition coefficient (Wildman–Crippen LogP) is 1.46. The average Bonchev–Trinajstić information content (AvgIpc) is 3.26. The zero-order valence-electron chi connectivity index (χ0n) is 14.3. The monoisotopic (exact) mass is 338 g/mol. The summed E-state index contributed by atoms with van der Waals surface area (Å²) < 4.78 is 1.75. The van der Waals surface area contributed by atoms with Crippen molar-refractivity contribution in [1.29, 1.82) is 5.26 Å². The number of nitriles is 1. The van der Waals surface area contributed by atoms with E-state index < -0.39 is 0 Å². The summed E-state index contributed by atoms with van der Waals surface area (Å²) in [6.07, 6.45) is 4.86. The lowest BCUT2D eigenvalue weighted by atomic mass is 9.92. The zero-order valence-corrected chi connectivity index (χ0v) is 14.3. The number of aryl methyl sites for hydroxylation is 2. The maximum absolute atomic E-state index is 12.6. The molecule has 1 N–H and O–H groups in total. The fourth-order valence-electron chi connectivity index (χ4n) is 3.42. The molecule has 6 nitrogen and oxygen atoms in total. The Bertz CT molecular complexity index is 775. The van der Waals surface area contributed by atoms with E-state index in [0.29, 0.717) is 31.5 Å². The van der Waals surface area contributed by atoms with Crippen molar-refractivity contribution in [3.8, 4) is 6.07 Å². The number of rotatable bonds is 5. The first kappa shape index (κ1) is 17.2. The fourth-order valence-corrected chi connectivity index (χ4v) is 3.42. The van der Waals surface area contributed by atoms with E-state index in [2.05, 4.69) is 11.2 Å². The summed E-state index contributed by atoms with van der Waals surface area (Å²) in [7, 11) is 1.87. The Morgan fingerprint density at radius 1 is 1.36 bits per heavy atom. The highest BCUT2D eigenvalue weighted by molar-refractivity contribution is 5.77. The molecule has 1 amide bonds. The van der Waals surface area contributed by atoms with Gasteiger partial charge in [0.1, 0.15) is 0 Å². The van der Waals surface area contributed by atoms with E-state index in [9.17, 15) is 9.90 Å². The highest BCUT2D eigenvalue weighted by Gasteiger charge is 2.36. The Kier molecular flexibility index (Phi) is 5.15. The van der Waals surface area contributed by atoms with Gasteiger partial charge in [0.2, 0.25) is 5.91 Å². The van der Waals surface area contributed by atoms with Crippen LogP contribution in [0.4, 0.5) is 0 Å². The lowest BCUT2D eigenvalue weighted by Gasteiger charge is -2.16. The first-order valence-electron chi connectivity index (χ1n) is 8.47. The quantitative estimate of drug-likeness (QED) is 0.895. The number of aliphatic hydroxyl groups excluding tert-OH is 1. The van der Waals surface area contributed by atoms with Gasteiger partial charge in [0, 0.05) is 51.2 Å². The van der Waals surface area contributed by atoms with E-state index >= 15 is 0 Å². The first-order chi connectivity index (χ1) is 12.1. The van der Waals surface area contributed by atoms with Crippen LogP contribution in [0.1, 0.15) is 29.0 Å². The van der Waals surface area contributed by atoms with Crippen LogP contribution < -0.4 is 0 Å². The predicted molar refractivity (Wildman–Crippen MR) is 92.6 cm³/mol. The number of benzene rings is 1. The molecule has 1 aliphatic heterocycles. The Morgan fingerprint density at radius 3 is 2.72 bits per heavy atom. The Labute approximate surface area is 147 Å². The first-order valence-corrected chi connectivity index (χ1v) is 8.47. The minimum absolute atomic E-state index is 0.0584. The molecule has 1 aliphatic rings. The lowest BCUT2D eigenvalue weighted by molar-refractivity contribution is -0.130. The molecule has 0 bridgehead atoms. The van der Waals surface area contributed by atoms with Crippen LogP contribution in [-0.2, 0) is 18.3 Å². The summed E-state index contributed by atoms with van der Waals surface area (Å²) in [5.74, 6) is 0.301. The van der Waals surface area contributed by atoms with Crippen LogP contribution in [0.5, 0.6) is 0 Å². The summed E-state index contributed by atoms with van der Waals surface area (Å²) in [5.41, 5.74) is 2.75. The van der Waals surface area contributed by atoms with Crippen LogP contribution in [0.3, 0.4) is 0 Å². The number of hydrogen-bond donors (Lipinski definition) is 1. The normalized spacial score (nSPS) is 19.8. The third-order valence-corrected chi connectivity index (χ3v) is 4.89. The summed E-state index contributed by atoms with van der Waals surface area (Å²) in [4.78, 5) is 14.4. The van der Waals surface area contributed by atoms with Crippen molar-refractivity contribution in [3.05, 3.63) is 53.3 Å². The minimum atomic E-state index is 0.0584. The summed E-state index contributed by atoms with van der Waals surface area (Å²) >= 11 is 0. The topological polar surface area (TPSA) is 82.2 Å². The molecule has 0 unspecified atom stereocenters. The smallest absolute Gasteiger partial charge is 0.222 e. The highest BCUT2D eigenvalue weighted by atomic mass is 16.3. The van der Waals surface area contributed by atoms with Gasteiger partial charge in [-0.15, -0.1) is 0 Å². The second-order valence-corrected chi connectivity index (χ2v) is 6.60. The van der Waals surface area contributed by atoms with Gasteiger partial charge in [0.15, 0.2) is 0 Å². The molecule has 0 radical (unpaired) electrons. The number of amides is 1. The van der Waals surface area contributed by atoms with Gasteiger partial charge >= 0.3 is 0 Å². The maximum atomic E-state index is 12.6. The van der Waals surface area contributed by atoms with Gasteiger partial charge < -0.3 is 10.0 Å². The molecule has 25 heavy (non-hydrogen) atoms. The molecule has 2 aromatic rings. The van der Waals surface area contributed by atoms with Crippen LogP contribution in [0.2, 0.25) is 0 Å². The van der Waals surface area contributed by atoms with Gasteiger partial charge in [-0.05, 0) is 29.7 Å². The molecular weight excluding hydrogens is 316 g/mol. The van der Waals surface area contributed by atoms with E-state index in [4.69, 9.17) is 5.26 Å². The second kappa shape index (κ2) is 7.49. The van der Waals surface area contributed by atoms with Gasteiger partial charge in [0.25, 0.3) is 0 Å². The van der Waals surface area contributed by atoms with E-state index in [0.717, 1.165) is 11.1 Å². The number of aliphatic hydroxyl groups is 1. The molecule has 1 fully saturated rings. The molecule has 0 aliphatic carbocycles. The standard InChI is InChI=1S/C19H22N4O2/c1-22-10-16(9-21-22)18-12-23(11-17(18)13-24)19(25)7-6-14-2-4-15(8-20)5-3-14/h2-5,9-10,17-18,24H,6-7,11-13H2,1H3/t17-,18-/m0/s1. The molecule has 0 spiro atoms. The van der Waals surface area contributed by atoms with Gasteiger partial charge in [-0.1, -0.05) is 12.1 Å². The summed E-state index contributed by atoms with van der Waals surface area (Å²) in [6.45, 7) is 1.28. The zero-order chi connectivity index (χ0) is 17.8. The van der Waals surface area contributed by atoms with E-state index in [1.165, 1.54) is 0 Å². The number of nitrogens with zero attached hydrogens (tertiary/aromatic N) is 4. The third-order valence-electron chi connectivity index (χ3n) is 4.89. The third kappa shape index (κ3) is 3.89. The number of hydrogen-bond acceptors (Lipinski definition) is 4.